The van der Waals surface area contributed by atoms with E-state index < -0.39 is 0 Å². The van der Waals surface area contributed by atoms with Gasteiger partial charge in [-0.15, -0.1) is 0 Å². The highest BCUT2D eigenvalue weighted by atomic mass is 16.7. The molecule has 15 heavy (non-hydrogen) atoms. The molecule has 2 rings (SSSR count). The molecular weight excluding hydrogens is 192 g/mol. The van der Waals surface area contributed by atoms with Gasteiger partial charge in [0, 0.05) is 5.56 Å². The zero-order valence-corrected chi connectivity index (χ0v) is 9.16. The smallest absolute Gasteiger partial charge is 0.184 e. The third-order valence-corrected chi connectivity index (χ3v) is 2.61. The number of hydrogen-bond acceptors (Lipinski definition) is 3. The van der Waals surface area contributed by atoms with Gasteiger partial charge in [-0.3, -0.25) is 0 Å². The Morgan fingerprint density at radius 2 is 2.07 bits per heavy atom. The van der Waals surface area contributed by atoms with Crippen molar-refractivity contribution in [3.05, 3.63) is 29.3 Å². The van der Waals surface area contributed by atoms with E-state index in [1.54, 1.807) is 7.11 Å². The average Bonchev–Trinajstić information content (AvgIpc) is 2.81. The molecule has 0 aliphatic carbocycles. The quantitative estimate of drug-likeness (QED) is 0.762. The van der Waals surface area contributed by atoms with Crippen LogP contribution in [0.2, 0.25) is 0 Å². The summed E-state index contributed by atoms with van der Waals surface area (Å²) in [4.78, 5) is 0. The monoisotopic (exact) mass is 208 g/mol. The summed E-state index contributed by atoms with van der Waals surface area (Å²) in [6, 6.07) is 6.01. The second kappa shape index (κ2) is 4.64. The molecule has 82 valence electrons. The van der Waals surface area contributed by atoms with Gasteiger partial charge in [-0.2, -0.15) is 0 Å². The summed E-state index contributed by atoms with van der Waals surface area (Å²) in [5.74, 6) is 0.883. The fourth-order valence-electron chi connectivity index (χ4n) is 1.78. The molecule has 0 N–H and O–H groups in total. The molecule has 0 unspecified atom stereocenters. The normalized spacial score (nSPS) is 16.9. The zero-order chi connectivity index (χ0) is 10.7. The highest BCUT2D eigenvalue weighted by molar-refractivity contribution is 5.36. The van der Waals surface area contributed by atoms with Gasteiger partial charge in [-0.1, -0.05) is 13.0 Å². The van der Waals surface area contributed by atoms with E-state index in [4.69, 9.17) is 14.2 Å². The van der Waals surface area contributed by atoms with Crippen LogP contribution >= 0.6 is 0 Å². The van der Waals surface area contributed by atoms with Gasteiger partial charge in [0.05, 0.1) is 20.3 Å². The van der Waals surface area contributed by atoms with E-state index in [9.17, 15) is 0 Å². The summed E-state index contributed by atoms with van der Waals surface area (Å²) in [5, 5.41) is 0. The van der Waals surface area contributed by atoms with Crippen LogP contribution in [0.4, 0.5) is 0 Å². The number of rotatable bonds is 3. The molecule has 1 heterocycles. The minimum atomic E-state index is -0.189. The first-order valence-corrected chi connectivity index (χ1v) is 5.25. The van der Waals surface area contributed by atoms with E-state index in [1.165, 1.54) is 5.56 Å². The molecule has 0 atom stereocenters. The standard InChI is InChI=1S/C12H16O3/c1-3-9-8-10(13-2)4-5-11(9)12-14-6-7-15-12/h4-5,8,12H,3,6-7H2,1-2H3. The van der Waals surface area contributed by atoms with Gasteiger partial charge < -0.3 is 14.2 Å². The Balaban J connectivity index is 2.29. The average molecular weight is 208 g/mol. The summed E-state index contributed by atoms with van der Waals surface area (Å²) < 4.78 is 16.2. The summed E-state index contributed by atoms with van der Waals surface area (Å²) in [6.45, 7) is 3.48. The van der Waals surface area contributed by atoms with Crippen LogP contribution in [0.25, 0.3) is 0 Å². The van der Waals surface area contributed by atoms with Crippen LogP contribution in [-0.4, -0.2) is 20.3 Å². The second-order valence-corrected chi connectivity index (χ2v) is 3.49. The van der Waals surface area contributed by atoms with Gasteiger partial charge in [-0.25, -0.2) is 0 Å². The molecule has 1 saturated heterocycles. The minimum Gasteiger partial charge on any atom is -0.497 e. The lowest BCUT2D eigenvalue weighted by molar-refractivity contribution is -0.0447. The van der Waals surface area contributed by atoms with Crippen molar-refractivity contribution in [2.24, 2.45) is 0 Å². The van der Waals surface area contributed by atoms with Crippen LogP contribution in [0.15, 0.2) is 18.2 Å². The molecule has 3 heteroatoms. The van der Waals surface area contributed by atoms with E-state index in [-0.39, 0.29) is 6.29 Å². The van der Waals surface area contributed by atoms with Crippen molar-refractivity contribution in [1.29, 1.82) is 0 Å². The second-order valence-electron chi connectivity index (χ2n) is 3.49. The number of methoxy groups -OCH3 is 1. The van der Waals surface area contributed by atoms with Gasteiger partial charge in [0.25, 0.3) is 0 Å². The highest BCUT2D eigenvalue weighted by Gasteiger charge is 2.20. The van der Waals surface area contributed by atoms with Gasteiger partial charge in [0.2, 0.25) is 0 Å². The number of aryl methyl sites for hydroxylation is 1. The van der Waals surface area contributed by atoms with Crippen molar-refractivity contribution in [1.82, 2.24) is 0 Å². The Bertz CT molecular complexity index is 330. The Labute approximate surface area is 90.0 Å². The third-order valence-electron chi connectivity index (χ3n) is 2.61. The Hall–Kier alpha value is -1.06. The van der Waals surface area contributed by atoms with Crippen LogP contribution in [0.5, 0.6) is 5.75 Å². The van der Waals surface area contributed by atoms with E-state index >= 15 is 0 Å². The van der Waals surface area contributed by atoms with Gasteiger partial charge >= 0.3 is 0 Å². The molecule has 0 bridgehead atoms. The summed E-state index contributed by atoms with van der Waals surface area (Å²) in [7, 11) is 1.68. The predicted molar refractivity (Wildman–Crippen MR) is 57.0 cm³/mol. The van der Waals surface area contributed by atoms with E-state index in [0.29, 0.717) is 13.2 Å². The molecule has 0 radical (unpaired) electrons. The third kappa shape index (κ3) is 2.13. The van der Waals surface area contributed by atoms with Crippen molar-refractivity contribution in [2.45, 2.75) is 19.6 Å². The van der Waals surface area contributed by atoms with Crippen molar-refractivity contribution < 1.29 is 14.2 Å². The van der Waals surface area contributed by atoms with Crippen molar-refractivity contribution in [3.8, 4) is 5.75 Å². The van der Waals surface area contributed by atoms with Crippen LogP contribution in [0.3, 0.4) is 0 Å². The summed E-state index contributed by atoms with van der Waals surface area (Å²) >= 11 is 0. The van der Waals surface area contributed by atoms with Gasteiger partial charge in [0.15, 0.2) is 6.29 Å². The summed E-state index contributed by atoms with van der Waals surface area (Å²) in [5.41, 5.74) is 2.34. The number of benzene rings is 1. The maximum absolute atomic E-state index is 5.49. The SMILES string of the molecule is CCc1cc(OC)ccc1C1OCCO1. The first-order chi connectivity index (χ1) is 7.35. The molecule has 1 aliphatic rings. The molecule has 1 fully saturated rings. The molecule has 0 amide bonds. The van der Waals surface area contributed by atoms with Gasteiger partial charge in [-0.05, 0) is 24.1 Å². The highest BCUT2D eigenvalue weighted by Crippen LogP contribution is 2.29. The first kappa shape index (κ1) is 10.5. The number of ether oxygens (including phenoxy) is 3. The fraction of sp³-hybridized carbons (Fsp3) is 0.500. The maximum atomic E-state index is 5.49. The maximum Gasteiger partial charge on any atom is 0.184 e. The molecule has 0 aromatic heterocycles. The van der Waals surface area contributed by atoms with Crippen molar-refractivity contribution >= 4 is 0 Å². The van der Waals surface area contributed by atoms with E-state index in [0.717, 1.165) is 17.7 Å². The first-order valence-electron chi connectivity index (χ1n) is 5.25. The topological polar surface area (TPSA) is 27.7 Å². The minimum absolute atomic E-state index is 0.189. The van der Waals surface area contributed by atoms with E-state index in [1.807, 2.05) is 18.2 Å². The molecular formula is C12H16O3. The van der Waals surface area contributed by atoms with Crippen LogP contribution in [-0.2, 0) is 15.9 Å². The Kier molecular flexibility index (Phi) is 3.23. The molecule has 1 aromatic carbocycles. The lowest BCUT2D eigenvalue weighted by atomic mass is 10.0. The Morgan fingerprint density at radius 3 is 2.67 bits per heavy atom. The molecule has 0 saturated carbocycles. The lowest BCUT2D eigenvalue weighted by Gasteiger charge is -2.14. The van der Waals surface area contributed by atoms with Crippen LogP contribution < -0.4 is 4.74 Å². The molecule has 3 nitrogen and oxygen atoms in total. The van der Waals surface area contributed by atoms with Crippen LogP contribution in [0, 0.1) is 0 Å². The lowest BCUT2D eigenvalue weighted by Crippen LogP contribution is -2.02. The molecule has 1 aromatic rings. The van der Waals surface area contributed by atoms with E-state index in [2.05, 4.69) is 6.92 Å². The fourth-order valence-corrected chi connectivity index (χ4v) is 1.78. The molecule has 1 aliphatic heterocycles. The largest absolute Gasteiger partial charge is 0.497 e. The van der Waals surface area contributed by atoms with Crippen molar-refractivity contribution in [3.63, 3.8) is 0 Å². The summed E-state index contributed by atoms with van der Waals surface area (Å²) in [6.07, 6.45) is 0.765. The molecule has 0 spiro atoms. The van der Waals surface area contributed by atoms with Crippen molar-refractivity contribution in [2.75, 3.05) is 20.3 Å². The van der Waals surface area contributed by atoms with Crippen LogP contribution in [0.1, 0.15) is 24.3 Å². The Morgan fingerprint density at radius 1 is 1.33 bits per heavy atom. The predicted octanol–water partition coefficient (Wildman–Crippen LogP) is 2.30. The van der Waals surface area contributed by atoms with Gasteiger partial charge in [0.1, 0.15) is 5.75 Å². The zero-order valence-electron chi connectivity index (χ0n) is 9.16. The number of hydrogen-bond donors (Lipinski definition) is 0.